The van der Waals surface area contributed by atoms with Gasteiger partial charge in [0.25, 0.3) is 5.91 Å². The van der Waals surface area contributed by atoms with Gasteiger partial charge in [-0.05, 0) is 42.3 Å². The number of carbonyl (C=O) groups excluding carboxylic acids is 2. The van der Waals surface area contributed by atoms with Gasteiger partial charge in [-0.3, -0.25) is 4.79 Å². The summed E-state index contributed by atoms with van der Waals surface area (Å²) >= 11 is 0. The lowest BCUT2D eigenvalue weighted by Gasteiger charge is -2.21. The van der Waals surface area contributed by atoms with E-state index in [-0.39, 0.29) is 5.91 Å². The largest absolute Gasteiger partial charge is 0.465 e. The zero-order chi connectivity index (χ0) is 19.5. The van der Waals surface area contributed by atoms with Gasteiger partial charge in [-0.25, -0.2) is 14.8 Å². The van der Waals surface area contributed by atoms with Crippen molar-refractivity contribution in [2.24, 2.45) is 0 Å². The van der Waals surface area contributed by atoms with E-state index in [2.05, 4.69) is 31.0 Å². The van der Waals surface area contributed by atoms with Gasteiger partial charge in [-0.1, -0.05) is 18.2 Å². The summed E-state index contributed by atoms with van der Waals surface area (Å²) < 4.78 is 4.67. The molecule has 4 rings (SSSR count). The number of methoxy groups -OCH3 is 1. The van der Waals surface area contributed by atoms with E-state index in [0.29, 0.717) is 22.6 Å². The summed E-state index contributed by atoms with van der Waals surface area (Å²) in [7, 11) is 1.32. The van der Waals surface area contributed by atoms with Gasteiger partial charge >= 0.3 is 5.97 Å². The zero-order valence-electron chi connectivity index (χ0n) is 15.3. The SMILES string of the molecule is COC(=O)c1ccc(C(=O)Nc2cncnc2N2CCc3ccccc32)cc1. The van der Waals surface area contributed by atoms with Crippen molar-refractivity contribution in [3.63, 3.8) is 0 Å². The Morgan fingerprint density at radius 1 is 1.07 bits per heavy atom. The monoisotopic (exact) mass is 374 g/mol. The second-order valence-corrected chi connectivity index (χ2v) is 6.31. The van der Waals surface area contributed by atoms with E-state index in [1.807, 2.05) is 18.2 Å². The number of rotatable bonds is 4. The maximum atomic E-state index is 12.7. The number of carbonyl (C=O) groups is 2. The number of anilines is 3. The van der Waals surface area contributed by atoms with Gasteiger partial charge in [0.2, 0.25) is 0 Å². The van der Waals surface area contributed by atoms with Crippen molar-refractivity contribution in [2.45, 2.75) is 6.42 Å². The molecule has 1 aromatic heterocycles. The lowest BCUT2D eigenvalue weighted by atomic mass is 10.1. The summed E-state index contributed by atoms with van der Waals surface area (Å²) in [6.07, 6.45) is 3.98. The Morgan fingerprint density at radius 3 is 2.61 bits per heavy atom. The van der Waals surface area contributed by atoms with Crippen LogP contribution in [0, 0.1) is 0 Å². The van der Waals surface area contributed by atoms with Crippen molar-refractivity contribution < 1.29 is 14.3 Å². The minimum absolute atomic E-state index is 0.306. The maximum absolute atomic E-state index is 12.7. The van der Waals surface area contributed by atoms with Crippen LogP contribution < -0.4 is 10.2 Å². The first kappa shape index (κ1) is 17.7. The zero-order valence-corrected chi connectivity index (χ0v) is 15.3. The molecule has 1 aliphatic heterocycles. The molecule has 0 saturated heterocycles. The fourth-order valence-electron chi connectivity index (χ4n) is 3.25. The minimum atomic E-state index is -0.446. The number of nitrogens with zero attached hydrogens (tertiary/aromatic N) is 3. The highest BCUT2D eigenvalue weighted by Crippen LogP contribution is 2.36. The number of nitrogens with one attached hydrogen (secondary N) is 1. The van der Waals surface area contributed by atoms with Crippen LogP contribution in [0.4, 0.5) is 17.2 Å². The molecular formula is C21H18N4O3. The predicted octanol–water partition coefficient (Wildman–Crippen LogP) is 3.21. The fourth-order valence-corrected chi connectivity index (χ4v) is 3.25. The van der Waals surface area contributed by atoms with Crippen molar-refractivity contribution in [3.8, 4) is 0 Å². The van der Waals surface area contributed by atoms with Crippen LogP contribution in [0.25, 0.3) is 0 Å². The second-order valence-electron chi connectivity index (χ2n) is 6.31. The number of para-hydroxylation sites is 1. The highest BCUT2D eigenvalue weighted by Gasteiger charge is 2.24. The van der Waals surface area contributed by atoms with Crippen LogP contribution >= 0.6 is 0 Å². The number of esters is 1. The van der Waals surface area contributed by atoms with Crippen molar-refractivity contribution in [1.29, 1.82) is 0 Å². The van der Waals surface area contributed by atoms with Crippen LogP contribution in [0.3, 0.4) is 0 Å². The molecule has 28 heavy (non-hydrogen) atoms. The van der Waals surface area contributed by atoms with E-state index in [9.17, 15) is 9.59 Å². The Labute approximate surface area is 162 Å². The van der Waals surface area contributed by atoms with Crippen LogP contribution in [-0.4, -0.2) is 35.5 Å². The molecule has 2 aromatic carbocycles. The van der Waals surface area contributed by atoms with Gasteiger partial charge in [0.1, 0.15) is 12.0 Å². The Hall–Kier alpha value is -3.74. The van der Waals surface area contributed by atoms with Gasteiger partial charge in [0.05, 0.1) is 18.9 Å². The van der Waals surface area contributed by atoms with Gasteiger partial charge in [0, 0.05) is 17.8 Å². The molecule has 140 valence electrons. The molecule has 1 amide bonds. The quantitative estimate of drug-likeness (QED) is 0.706. The third-order valence-corrected chi connectivity index (χ3v) is 4.65. The van der Waals surface area contributed by atoms with E-state index in [4.69, 9.17) is 0 Å². The lowest BCUT2D eigenvalue weighted by Crippen LogP contribution is -2.20. The summed E-state index contributed by atoms with van der Waals surface area (Å²) in [5, 5.41) is 2.88. The Balaban J connectivity index is 1.58. The average molecular weight is 374 g/mol. The maximum Gasteiger partial charge on any atom is 0.337 e. The summed E-state index contributed by atoms with van der Waals surface area (Å²) in [5.74, 6) is -0.0992. The molecule has 7 nitrogen and oxygen atoms in total. The number of hydrogen-bond donors (Lipinski definition) is 1. The normalized spacial score (nSPS) is 12.4. The van der Waals surface area contributed by atoms with Gasteiger partial charge in [-0.2, -0.15) is 0 Å². The van der Waals surface area contributed by atoms with Crippen LogP contribution in [0.1, 0.15) is 26.3 Å². The van der Waals surface area contributed by atoms with Crippen molar-refractivity contribution in [2.75, 3.05) is 23.9 Å². The molecule has 0 aliphatic carbocycles. The summed E-state index contributed by atoms with van der Waals surface area (Å²) in [4.78, 5) is 34.7. The van der Waals surface area contributed by atoms with Gasteiger partial charge < -0.3 is 15.0 Å². The smallest absolute Gasteiger partial charge is 0.337 e. The summed E-state index contributed by atoms with van der Waals surface area (Å²) in [6.45, 7) is 0.785. The van der Waals surface area contributed by atoms with Gasteiger partial charge in [-0.15, -0.1) is 0 Å². The molecule has 0 unspecified atom stereocenters. The summed E-state index contributed by atoms with van der Waals surface area (Å²) in [6, 6.07) is 14.4. The number of fused-ring (bicyclic) bond motifs is 1. The van der Waals surface area contributed by atoms with E-state index in [1.54, 1.807) is 30.5 Å². The number of aromatic nitrogens is 2. The van der Waals surface area contributed by atoms with Gasteiger partial charge in [0.15, 0.2) is 5.82 Å². The molecule has 7 heteroatoms. The topological polar surface area (TPSA) is 84.4 Å². The molecule has 0 bridgehead atoms. The lowest BCUT2D eigenvalue weighted by molar-refractivity contribution is 0.0600. The highest BCUT2D eigenvalue weighted by atomic mass is 16.5. The molecule has 0 fully saturated rings. The second kappa shape index (κ2) is 7.48. The first-order valence-electron chi connectivity index (χ1n) is 8.82. The van der Waals surface area contributed by atoms with Crippen molar-refractivity contribution in [1.82, 2.24) is 9.97 Å². The average Bonchev–Trinajstić information content (AvgIpc) is 3.17. The highest BCUT2D eigenvalue weighted by molar-refractivity contribution is 6.06. The molecule has 0 atom stereocenters. The number of hydrogen-bond acceptors (Lipinski definition) is 6. The van der Waals surface area contributed by atoms with E-state index in [1.165, 1.54) is 19.0 Å². The van der Waals surface area contributed by atoms with E-state index in [0.717, 1.165) is 18.7 Å². The number of ether oxygens (including phenoxy) is 1. The predicted molar refractivity (Wildman–Crippen MR) is 105 cm³/mol. The van der Waals surface area contributed by atoms with Crippen LogP contribution in [0.5, 0.6) is 0 Å². The molecule has 3 aromatic rings. The van der Waals surface area contributed by atoms with Crippen molar-refractivity contribution >= 4 is 29.1 Å². The Bertz CT molecular complexity index is 1030. The Morgan fingerprint density at radius 2 is 1.82 bits per heavy atom. The molecule has 1 N–H and O–H groups in total. The Kier molecular flexibility index (Phi) is 4.72. The number of amides is 1. The van der Waals surface area contributed by atoms with Crippen LogP contribution in [0.15, 0.2) is 61.1 Å². The summed E-state index contributed by atoms with van der Waals surface area (Å²) in [5.41, 5.74) is 3.66. The first-order valence-corrected chi connectivity index (χ1v) is 8.82. The minimum Gasteiger partial charge on any atom is -0.465 e. The van der Waals surface area contributed by atoms with E-state index < -0.39 is 5.97 Å². The molecule has 2 heterocycles. The standard InChI is InChI=1S/C21H18N4O3/c1-28-21(27)16-8-6-15(7-9-16)20(26)24-17-12-22-13-23-19(17)25-11-10-14-4-2-3-5-18(14)25/h2-9,12-13H,10-11H2,1H3,(H,24,26). The molecule has 0 saturated carbocycles. The fraction of sp³-hybridized carbons (Fsp3) is 0.143. The third-order valence-electron chi connectivity index (χ3n) is 4.65. The molecule has 1 aliphatic rings. The molecule has 0 radical (unpaired) electrons. The van der Waals surface area contributed by atoms with E-state index >= 15 is 0 Å². The van der Waals surface area contributed by atoms with Crippen molar-refractivity contribution in [3.05, 3.63) is 77.7 Å². The molecule has 0 spiro atoms. The first-order chi connectivity index (χ1) is 13.7. The third kappa shape index (κ3) is 3.29. The van der Waals surface area contributed by atoms with Crippen LogP contribution in [-0.2, 0) is 11.2 Å². The molecular weight excluding hydrogens is 356 g/mol. The number of benzene rings is 2. The van der Waals surface area contributed by atoms with Crippen LogP contribution in [0.2, 0.25) is 0 Å².